The van der Waals surface area contributed by atoms with Gasteiger partial charge in [0.05, 0.1) is 12.2 Å². The van der Waals surface area contributed by atoms with Crippen molar-refractivity contribution in [2.45, 2.75) is 39.5 Å². The lowest BCUT2D eigenvalue weighted by Gasteiger charge is -2.18. The maximum Gasteiger partial charge on any atom is 0.217 e. The third kappa shape index (κ3) is 5.02. The van der Waals surface area contributed by atoms with E-state index in [1.165, 1.54) is 13.0 Å². The molecule has 138 valence electrons. The molecule has 1 amide bonds. The number of nitrogens with zero attached hydrogens (tertiary/aromatic N) is 2. The van der Waals surface area contributed by atoms with E-state index in [4.69, 9.17) is 4.74 Å². The second kappa shape index (κ2) is 8.27. The van der Waals surface area contributed by atoms with Gasteiger partial charge in [-0.05, 0) is 25.5 Å². The number of aromatic nitrogens is 1. The zero-order valence-corrected chi connectivity index (χ0v) is 15.2. The Morgan fingerprint density at radius 3 is 3.04 bits per heavy atom. The number of benzene rings is 1. The van der Waals surface area contributed by atoms with Gasteiger partial charge in [-0.1, -0.05) is 17.7 Å². The monoisotopic (exact) mass is 357 g/mol. The van der Waals surface area contributed by atoms with Crippen LogP contribution < -0.4 is 10.1 Å². The summed E-state index contributed by atoms with van der Waals surface area (Å²) in [7, 11) is 0. The highest BCUT2D eigenvalue weighted by Crippen LogP contribution is 2.21. The van der Waals surface area contributed by atoms with E-state index in [9.17, 15) is 9.18 Å². The van der Waals surface area contributed by atoms with E-state index >= 15 is 0 Å². The fraction of sp³-hybridized carbons (Fsp3) is 0.400. The van der Waals surface area contributed by atoms with Gasteiger partial charge in [-0.15, -0.1) is 0 Å². The Balaban J connectivity index is 1.55. The summed E-state index contributed by atoms with van der Waals surface area (Å²) in [6.45, 7) is 6.07. The Labute approximate surface area is 153 Å². The molecule has 1 atom stereocenters. The molecule has 1 fully saturated rings. The van der Waals surface area contributed by atoms with Crippen LogP contribution in [0, 0.1) is 12.7 Å². The molecule has 2 heterocycles. The van der Waals surface area contributed by atoms with Crippen LogP contribution in [0.1, 0.15) is 30.2 Å². The van der Waals surface area contributed by atoms with Gasteiger partial charge in [-0.25, -0.2) is 4.39 Å². The zero-order valence-electron chi connectivity index (χ0n) is 15.2. The van der Waals surface area contributed by atoms with Crippen molar-refractivity contribution in [3.05, 3.63) is 59.2 Å². The third-order valence-corrected chi connectivity index (χ3v) is 4.43. The number of pyridine rings is 1. The molecule has 1 aliphatic rings. The van der Waals surface area contributed by atoms with Crippen LogP contribution in [0.5, 0.6) is 5.75 Å². The predicted molar refractivity (Wildman–Crippen MR) is 97.2 cm³/mol. The van der Waals surface area contributed by atoms with Crippen LogP contribution in [-0.2, 0) is 17.9 Å². The summed E-state index contributed by atoms with van der Waals surface area (Å²) in [5.74, 6) is 0.499. The van der Waals surface area contributed by atoms with E-state index in [0.717, 1.165) is 42.1 Å². The van der Waals surface area contributed by atoms with Gasteiger partial charge in [0.1, 0.15) is 17.7 Å². The Morgan fingerprint density at radius 1 is 1.38 bits per heavy atom. The van der Waals surface area contributed by atoms with Crippen LogP contribution in [0.15, 0.2) is 36.5 Å². The van der Waals surface area contributed by atoms with E-state index in [2.05, 4.69) is 15.2 Å². The molecule has 0 saturated carbocycles. The van der Waals surface area contributed by atoms with Gasteiger partial charge < -0.3 is 10.1 Å². The van der Waals surface area contributed by atoms with Crippen LogP contribution in [0.25, 0.3) is 0 Å². The highest BCUT2D eigenvalue weighted by Gasteiger charge is 2.24. The molecule has 3 rings (SSSR count). The molecule has 2 aromatic rings. The number of carbonyl (C=O) groups excluding carboxylic acids is 1. The number of aryl methyl sites for hydroxylation is 1. The molecule has 0 spiro atoms. The number of likely N-dealkylation sites (tertiary alicyclic amines) is 1. The molecule has 1 unspecified atom stereocenters. The first-order valence-corrected chi connectivity index (χ1v) is 8.83. The van der Waals surface area contributed by atoms with Crippen molar-refractivity contribution < 1.29 is 13.9 Å². The molecule has 5 nitrogen and oxygen atoms in total. The number of carbonyl (C=O) groups is 1. The summed E-state index contributed by atoms with van der Waals surface area (Å²) in [4.78, 5) is 17.4. The van der Waals surface area contributed by atoms with Crippen molar-refractivity contribution in [1.82, 2.24) is 15.2 Å². The first-order chi connectivity index (χ1) is 12.5. The molecule has 0 aliphatic carbocycles. The van der Waals surface area contributed by atoms with E-state index in [1.807, 2.05) is 25.1 Å². The lowest BCUT2D eigenvalue weighted by atomic mass is 10.1. The number of hydrogen-bond acceptors (Lipinski definition) is 4. The second-order valence-corrected chi connectivity index (χ2v) is 6.75. The van der Waals surface area contributed by atoms with Crippen LogP contribution in [0.3, 0.4) is 0 Å². The number of amides is 1. The largest absolute Gasteiger partial charge is 0.489 e. The molecule has 0 radical (unpaired) electrons. The topological polar surface area (TPSA) is 54.5 Å². The van der Waals surface area contributed by atoms with E-state index in [1.54, 1.807) is 12.3 Å². The first kappa shape index (κ1) is 18.3. The van der Waals surface area contributed by atoms with Crippen molar-refractivity contribution in [3.8, 4) is 5.75 Å². The smallest absolute Gasteiger partial charge is 0.217 e. The Hall–Kier alpha value is -2.47. The Bertz CT molecular complexity index is 781. The van der Waals surface area contributed by atoms with E-state index < -0.39 is 0 Å². The molecule has 1 saturated heterocycles. The quantitative estimate of drug-likeness (QED) is 0.864. The second-order valence-electron chi connectivity index (χ2n) is 6.75. The molecular weight excluding hydrogens is 333 g/mol. The van der Waals surface area contributed by atoms with Crippen molar-refractivity contribution >= 4 is 5.91 Å². The predicted octanol–water partition coefficient (Wildman–Crippen LogP) is 2.82. The van der Waals surface area contributed by atoms with Gasteiger partial charge >= 0.3 is 0 Å². The zero-order chi connectivity index (χ0) is 18.5. The lowest BCUT2D eigenvalue weighted by molar-refractivity contribution is -0.119. The highest BCUT2D eigenvalue weighted by atomic mass is 19.1. The van der Waals surface area contributed by atoms with Crippen molar-refractivity contribution in [2.24, 2.45) is 0 Å². The Morgan fingerprint density at radius 2 is 2.23 bits per heavy atom. The summed E-state index contributed by atoms with van der Waals surface area (Å²) in [5.41, 5.74) is 2.55. The van der Waals surface area contributed by atoms with Crippen molar-refractivity contribution in [1.29, 1.82) is 0 Å². The summed E-state index contributed by atoms with van der Waals surface area (Å²) < 4.78 is 20.0. The van der Waals surface area contributed by atoms with Gasteiger partial charge in [0.15, 0.2) is 0 Å². The lowest BCUT2D eigenvalue weighted by Crippen LogP contribution is -2.25. The number of halogens is 1. The van der Waals surface area contributed by atoms with Gasteiger partial charge in [-0.2, -0.15) is 0 Å². The summed E-state index contributed by atoms with van der Waals surface area (Å²) in [5, 5.41) is 2.73. The van der Waals surface area contributed by atoms with Gasteiger partial charge in [0.25, 0.3) is 0 Å². The maximum absolute atomic E-state index is 13.9. The number of ether oxygens (including phenoxy) is 1. The summed E-state index contributed by atoms with van der Waals surface area (Å²) >= 11 is 0. The molecule has 6 heteroatoms. The van der Waals surface area contributed by atoms with Crippen LogP contribution in [0.2, 0.25) is 0 Å². The minimum atomic E-state index is -0.156. The van der Waals surface area contributed by atoms with Crippen molar-refractivity contribution in [3.63, 3.8) is 0 Å². The molecule has 0 bridgehead atoms. The molecule has 1 aromatic heterocycles. The van der Waals surface area contributed by atoms with Crippen LogP contribution in [0.4, 0.5) is 4.39 Å². The van der Waals surface area contributed by atoms with Crippen LogP contribution in [-0.4, -0.2) is 35.0 Å². The van der Waals surface area contributed by atoms with Crippen LogP contribution >= 0.6 is 0 Å². The first-order valence-electron chi connectivity index (χ1n) is 8.83. The molecular formula is C20H24FN3O2. The standard InChI is InChI=1S/C20H24FN3O2/c1-14-3-4-20(21)16(9-14)12-24-8-6-19(13-24)26-18-5-7-22-17(10-18)11-23-15(2)25/h3-5,7,9-10,19H,6,8,11-13H2,1-2H3,(H,23,25). The molecule has 26 heavy (non-hydrogen) atoms. The van der Waals surface area contributed by atoms with Crippen molar-refractivity contribution in [2.75, 3.05) is 13.1 Å². The van der Waals surface area contributed by atoms with Gasteiger partial charge in [-0.3, -0.25) is 14.7 Å². The number of rotatable bonds is 6. The fourth-order valence-corrected chi connectivity index (χ4v) is 3.14. The normalized spacial score (nSPS) is 17.3. The minimum absolute atomic E-state index is 0.0684. The number of nitrogens with one attached hydrogen (secondary N) is 1. The average Bonchev–Trinajstić information content (AvgIpc) is 3.03. The molecule has 1 aliphatic heterocycles. The number of hydrogen-bond donors (Lipinski definition) is 1. The minimum Gasteiger partial charge on any atom is -0.489 e. The van der Waals surface area contributed by atoms with Gasteiger partial charge in [0.2, 0.25) is 5.91 Å². The van der Waals surface area contributed by atoms with Gasteiger partial charge in [0, 0.05) is 44.4 Å². The summed E-state index contributed by atoms with van der Waals surface area (Å²) in [6.07, 6.45) is 2.65. The maximum atomic E-state index is 13.9. The third-order valence-electron chi connectivity index (χ3n) is 4.43. The molecule has 1 aromatic carbocycles. The summed E-state index contributed by atoms with van der Waals surface area (Å²) in [6, 6.07) is 8.89. The average molecular weight is 357 g/mol. The SMILES string of the molecule is CC(=O)NCc1cc(OC2CCN(Cc3cc(C)ccc3F)C2)ccn1. The van der Waals surface area contributed by atoms with E-state index in [-0.39, 0.29) is 17.8 Å². The fourth-order valence-electron chi connectivity index (χ4n) is 3.14. The molecule has 1 N–H and O–H groups in total. The Kier molecular flexibility index (Phi) is 5.83. The highest BCUT2D eigenvalue weighted by molar-refractivity contribution is 5.72. The van der Waals surface area contributed by atoms with E-state index in [0.29, 0.717) is 13.1 Å².